The predicted octanol–water partition coefficient (Wildman–Crippen LogP) is 9.46. The first-order valence-electron chi connectivity index (χ1n) is 15.8. The van der Waals surface area contributed by atoms with Crippen LogP contribution in [-0.4, -0.2) is 52.2 Å². The van der Waals surface area contributed by atoms with Crippen LogP contribution in [0.25, 0.3) is 20.8 Å². The van der Waals surface area contributed by atoms with E-state index in [-0.39, 0.29) is 28.2 Å². The van der Waals surface area contributed by atoms with Gasteiger partial charge in [-0.1, -0.05) is 32.9 Å². The summed E-state index contributed by atoms with van der Waals surface area (Å²) in [6.45, 7) is 9.82. The molecule has 0 radical (unpaired) electrons. The first-order valence-corrected chi connectivity index (χ1v) is 17.5. The number of hydrogen-bond acceptors (Lipinski definition) is 8. The van der Waals surface area contributed by atoms with E-state index in [1.807, 2.05) is 23.1 Å². The van der Waals surface area contributed by atoms with Gasteiger partial charge in [-0.15, -0.1) is 22.7 Å². The second-order valence-corrected chi connectivity index (χ2v) is 15.7. The first-order chi connectivity index (χ1) is 23.2. The molecule has 5 aromatic rings. The molecule has 2 amide bonds. The highest BCUT2D eigenvalue weighted by Crippen LogP contribution is 2.57. The van der Waals surface area contributed by atoms with Gasteiger partial charge in [0.05, 0.1) is 27.3 Å². The summed E-state index contributed by atoms with van der Waals surface area (Å²) in [5.41, 5.74) is 3.89. The highest BCUT2D eigenvalue weighted by atomic mass is 32.1. The van der Waals surface area contributed by atoms with Gasteiger partial charge in [-0.3, -0.25) is 5.32 Å². The van der Waals surface area contributed by atoms with Crippen LogP contribution in [0.15, 0.2) is 60.0 Å². The number of rotatable bonds is 5. The minimum absolute atomic E-state index is 0.0707. The van der Waals surface area contributed by atoms with Crippen LogP contribution in [0.4, 0.5) is 45.2 Å². The van der Waals surface area contributed by atoms with Gasteiger partial charge in [0.25, 0.3) is 0 Å². The quantitative estimate of drug-likeness (QED) is 0.158. The lowest BCUT2D eigenvalue weighted by Crippen LogP contribution is -2.47. The highest BCUT2D eigenvalue weighted by molar-refractivity contribution is 7.21. The molecule has 8 nitrogen and oxygen atoms in total. The summed E-state index contributed by atoms with van der Waals surface area (Å²) < 4.78 is 54.1. The molecule has 49 heavy (non-hydrogen) atoms. The van der Waals surface area contributed by atoms with Crippen LogP contribution < -0.4 is 15.5 Å². The third-order valence-corrected chi connectivity index (χ3v) is 10.9. The number of thiazole rings is 2. The molecule has 2 aliphatic rings. The average Bonchev–Trinajstić information content (AvgIpc) is 3.75. The largest absolute Gasteiger partial charge is 0.506 e. The SMILES string of the molecule is CC(C)(C)CN1CCC2(CC1)CN(c1ccccc1NC(=O)Nc1csc(C(F)(F)F)n1)c1c(O)ccc(-c3nc4ccc(F)cc4s3)c12. The smallest absolute Gasteiger partial charge is 0.443 e. The number of hydrogen-bond donors (Lipinski definition) is 3. The Bertz CT molecular complexity index is 2050. The minimum Gasteiger partial charge on any atom is -0.506 e. The monoisotopic (exact) mass is 710 g/mol. The molecular formula is C35H34F4N6O2S2. The zero-order valence-corrected chi connectivity index (χ0v) is 28.6. The normalized spacial score (nSPS) is 16.3. The summed E-state index contributed by atoms with van der Waals surface area (Å²) in [5, 5.41) is 17.5. The van der Waals surface area contributed by atoms with E-state index in [0.29, 0.717) is 40.5 Å². The number of aromatic hydroxyl groups is 1. The maximum atomic E-state index is 14.2. The van der Waals surface area contributed by atoms with Crippen molar-refractivity contribution < 1.29 is 27.5 Å². The van der Waals surface area contributed by atoms with Crippen molar-refractivity contribution in [1.82, 2.24) is 14.9 Å². The van der Waals surface area contributed by atoms with Crippen LogP contribution in [0.2, 0.25) is 0 Å². The molecule has 0 bridgehead atoms. The van der Waals surface area contributed by atoms with Crippen LogP contribution >= 0.6 is 22.7 Å². The predicted molar refractivity (Wildman–Crippen MR) is 187 cm³/mol. The van der Waals surface area contributed by atoms with Crippen LogP contribution in [0, 0.1) is 11.2 Å². The number of urea groups is 1. The third kappa shape index (κ3) is 6.56. The van der Waals surface area contributed by atoms with Gasteiger partial charge in [-0.05, 0) is 79.4 Å². The minimum atomic E-state index is -4.61. The Morgan fingerprint density at radius 3 is 2.49 bits per heavy atom. The topological polar surface area (TPSA) is 93.6 Å². The molecule has 0 atom stereocenters. The Kier molecular flexibility index (Phi) is 8.31. The number of anilines is 4. The maximum Gasteiger partial charge on any atom is 0.443 e. The number of phenolic OH excluding ortho intramolecular Hbond substituents is 1. The fourth-order valence-electron chi connectivity index (χ4n) is 7.01. The fourth-order valence-corrected chi connectivity index (χ4v) is 8.65. The van der Waals surface area contributed by atoms with Crippen molar-refractivity contribution in [2.45, 2.75) is 45.2 Å². The molecule has 3 aromatic carbocycles. The molecule has 1 fully saturated rings. The molecule has 4 heterocycles. The molecule has 2 aliphatic heterocycles. The van der Waals surface area contributed by atoms with Crippen molar-refractivity contribution in [1.29, 1.82) is 0 Å². The number of para-hydroxylation sites is 2. The van der Waals surface area contributed by atoms with Gasteiger partial charge in [-0.25, -0.2) is 19.2 Å². The molecule has 3 N–H and O–H groups in total. The Balaban J connectivity index is 1.28. The highest BCUT2D eigenvalue weighted by Gasteiger charge is 2.49. The van der Waals surface area contributed by atoms with Gasteiger partial charge in [0.2, 0.25) is 0 Å². The van der Waals surface area contributed by atoms with E-state index in [1.165, 1.54) is 23.5 Å². The molecule has 1 spiro atoms. The first kappa shape index (κ1) is 33.2. The number of amides is 2. The van der Waals surface area contributed by atoms with Gasteiger partial charge in [0.1, 0.15) is 22.4 Å². The van der Waals surface area contributed by atoms with E-state index >= 15 is 0 Å². The Labute approximate surface area is 288 Å². The molecule has 256 valence electrons. The third-order valence-electron chi connectivity index (χ3n) is 8.94. The molecule has 1 saturated heterocycles. The van der Waals surface area contributed by atoms with Crippen LogP contribution in [-0.2, 0) is 11.6 Å². The summed E-state index contributed by atoms with van der Waals surface area (Å²) in [6.07, 6.45) is -2.99. The van der Waals surface area contributed by atoms with Gasteiger partial charge in [0.15, 0.2) is 5.01 Å². The van der Waals surface area contributed by atoms with E-state index in [9.17, 15) is 27.5 Å². The standard InChI is InChI=1S/C35H34F4N6O2S2/c1-33(2,3)18-44-14-12-34(13-15-44)19-45(24-7-5-4-6-22(24)41-32(47)43-27-17-48-31(42-27)35(37,38)39)29-25(46)11-9-21(28(29)34)30-40-23-10-8-20(36)16-26(23)49-30/h4-11,16-17,46H,12-15,18-19H2,1-3H3,(H2,41,43,47). The molecule has 2 aromatic heterocycles. The van der Waals surface area contributed by atoms with Gasteiger partial charge in [0, 0.05) is 29.4 Å². The van der Waals surface area contributed by atoms with E-state index in [1.54, 1.807) is 24.3 Å². The number of piperidine rings is 1. The second-order valence-electron chi connectivity index (χ2n) is 13.8. The average molecular weight is 711 g/mol. The number of benzene rings is 3. The summed E-state index contributed by atoms with van der Waals surface area (Å²) in [4.78, 5) is 25.9. The van der Waals surface area contributed by atoms with Crippen molar-refractivity contribution in [3.8, 4) is 16.3 Å². The molecule has 0 unspecified atom stereocenters. The summed E-state index contributed by atoms with van der Waals surface area (Å²) >= 11 is 1.80. The number of fused-ring (bicyclic) bond motifs is 3. The Hall–Kier alpha value is -4.27. The van der Waals surface area contributed by atoms with E-state index < -0.39 is 17.2 Å². The Morgan fingerprint density at radius 1 is 1.02 bits per heavy atom. The van der Waals surface area contributed by atoms with Crippen LogP contribution in [0.5, 0.6) is 5.75 Å². The number of nitrogens with one attached hydrogen (secondary N) is 2. The van der Waals surface area contributed by atoms with Crippen molar-refractivity contribution >= 4 is 61.8 Å². The number of carbonyl (C=O) groups is 1. The number of likely N-dealkylation sites (tertiary alicyclic amines) is 1. The number of halogens is 4. The lowest BCUT2D eigenvalue weighted by Gasteiger charge is -2.42. The number of aromatic nitrogens is 2. The lowest BCUT2D eigenvalue weighted by atomic mass is 9.72. The van der Waals surface area contributed by atoms with Crippen LogP contribution in [0.1, 0.15) is 44.2 Å². The molecule has 7 rings (SSSR count). The lowest BCUT2D eigenvalue weighted by molar-refractivity contribution is -0.137. The molecule has 14 heteroatoms. The summed E-state index contributed by atoms with van der Waals surface area (Å²) in [5.74, 6) is -0.477. The van der Waals surface area contributed by atoms with Crippen molar-refractivity contribution in [2.24, 2.45) is 5.41 Å². The number of alkyl halides is 3. The Morgan fingerprint density at radius 2 is 1.78 bits per heavy atom. The van der Waals surface area contributed by atoms with Crippen LogP contribution in [0.3, 0.4) is 0 Å². The van der Waals surface area contributed by atoms with Crippen molar-refractivity contribution in [3.63, 3.8) is 0 Å². The summed E-state index contributed by atoms with van der Waals surface area (Å²) in [6, 6.07) is 14.4. The molecule has 0 aliphatic carbocycles. The van der Waals surface area contributed by atoms with E-state index in [4.69, 9.17) is 4.98 Å². The molecule has 0 saturated carbocycles. The number of carbonyl (C=O) groups excluding carboxylic acids is 1. The summed E-state index contributed by atoms with van der Waals surface area (Å²) in [7, 11) is 0. The zero-order valence-electron chi connectivity index (χ0n) is 27.0. The van der Waals surface area contributed by atoms with Gasteiger partial charge >= 0.3 is 12.2 Å². The van der Waals surface area contributed by atoms with Crippen molar-refractivity contribution in [2.75, 3.05) is 41.7 Å². The number of nitrogens with zero attached hydrogens (tertiary/aromatic N) is 4. The van der Waals surface area contributed by atoms with Gasteiger partial charge in [-0.2, -0.15) is 13.2 Å². The zero-order chi connectivity index (χ0) is 34.7. The van der Waals surface area contributed by atoms with Crippen molar-refractivity contribution in [3.05, 3.63) is 76.4 Å². The van der Waals surface area contributed by atoms with E-state index in [0.717, 1.165) is 58.7 Å². The second kappa shape index (κ2) is 12.3. The maximum absolute atomic E-state index is 14.2. The number of phenols is 1. The van der Waals surface area contributed by atoms with E-state index in [2.05, 4.69) is 41.3 Å². The van der Waals surface area contributed by atoms with Gasteiger partial charge < -0.3 is 20.2 Å². The fraction of sp³-hybridized carbons (Fsp3) is 0.343. The molecular weight excluding hydrogens is 677 g/mol.